The molecule has 0 heterocycles. The normalized spacial score (nSPS) is 0.857. The summed E-state index contributed by atoms with van der Waals surface area (Å²) in [5.74, 6) is 0. The summed E-state index contributed by atoms with van der Waals surface area (Å²) in [5.41, 5.74) is 0. The molecule has 0 saturated heterocycles. The van der Waals surface area contributed by atoms with Gasteiger partial charge in [-0.15, -0.1) is 0 Å². The summed E-state index contributed by atoms with van der Waals surface area (Å²) in [6.07, 6.45) is 0. The Kier molecular flexibility index (Phi) is 4500. The maximum absolute atomic E-state index is 6.25. The Hall–Kier alpha value is -1.29. The molecule has 0 saturated carbocycles. The fourth-order valence-electron chi connectivity index (χ4n) is 0. The summed E-state index contributed by atoms with van der Waals surface area (Å²) in [5, 5.41) is 37.5. The molecule has 14 heavy (non-hydrogen) atoms. The molecule has 0 atom stereocenters. The van der Waals surface area contributed by atoms with Crippen LogP contribution in [0.3, 0.4) is 0 Å². The van der Waals surface area contributed by atoms with Crippen molar-refractivity contribution in [2.24, 2.45) is 0 Å². The van der Waals surface area contributed by atoms with Crippen LogP contribution in [0.5, 0.6) is 0 Å². The van der Waals surface area contributed by atoms with Crippen molar-refractivity contribution in [3.63, 3.8) is 0 Å². The number of rotatable bonds is 0. The van der Waals surface area contributed by atoms with Crippen LogP contribution >= 0.6 is 0 Å². The average Bonchev–Trinajstić information content (AvgIpc) is 2.33. The second kappa shape index (κ2) is 802. The summed E-state index contributed by atoms with van der Waals surface area (Å²) in [6.45, 7) is 28.5. The van der Waals surface area contributed by atoms with E-state index >= 15 is 0 Å². The third kappa shape index (κ3) is 603. The second-order valence-corrected chi connectivity index (χ2v) is 0. The van der Waals surface area contributed by atoms with E-state index in [0.29, 0.717) is 0 Å². The van der Waals surface area contributed by atoms with Crippen LogP contribution in [-0.4, -0.2) is 37.7 Å². The van der Waals surface area contributed by atoms with Crippen LogP contribution < -0.4 is 0 Å². The fraction of sp³-hybridized carbons (Fsp3) is 0. The minimum atomic E-state index is 0. The molecule has 6 nitrogen and oxygen atoms in total. The van der Waals surface area contributed by atoms with E-state index in [4.69, 9.17) is 71.0 Å². The molecule has 8 heteroatoms. The smallest absolute Gasteiger partial charge is 0 e. The van der Waals surface area contributed by atoms with Crippen LogP contribution in [0, 0.1) is 71.0 Å². The zero-order valence-electron chi connectivity index (χ0n) is 6.72. The Morgan fingerprint density at radius 3 is 0.357 bits per heavy atom. The average molecular weight is 255 g/mol. The topological polar surface area (TPSA) is 143 Å². The van der Waals surface area contributed by atoms with Crippen molar-refractivity contribution < 1.29 is 16.8 Å². The van der Waals surface area contributed by atoms with Crippen LogP contribution in [-0.2, 0) is 16.8 Å². The van der Waals surface area contributed by atoms with Gasteiger partial charge in [-0.05, 0) is 0 Å². The first kappa shape index (κ1) is 78.6. The van der Waals surface area contributed by atoms with E-state index in [9.17, 15) is 0 Å². The van der Waals surface area contributed by atoms with Crippen molar-refractivity contribution in [3.8, 4) is 0 Å². The molecule has 0 amide bonds. The molecule has 3 radical (unpaired) electrons. The van der Waals surface area contributed by atoms with E-state index in [-0.39, 0.29) is 54.5 Å². The van der Waals surface area contributed by atoms with Crippen molar-refractivity contribution >= 4 is 37.7 Å². The van der Waals surface area contributed by atoms with Crippen molar-refractivity contribution in [3.05, 3.63) is 39.4 Å². The largest absolute Gasteiger partial charge is 0.512 e. The van der Waals surface area contributed by atoms with Crippen LogP contribution in [0.2, 0.25) is 0 Å². The molecule has 0 aromatic heterocycles. The molecule has 0 spiro atoms. The molecule has 0 rings (SSSR count). The van der Waals surface area contributed by atoms with Crippen molar-refractivity contribution in [2.75, 3.05) is 0 Å². The van der Waals surface area contributed by atoms with Crippen LogP contribution in [0.1, 0.15) is 0 Å². The van der Waals surface area contributed by atoms with Gasteiger partial charge in [0.15, 0.2) is 0 Å². The van der Waals surface area contributed by atoms with Gasteiger partial charge in [0.2, 0.25) is 0 Å². The predicted molar refractivity (Wildman–Crippen MR) is 35.6 cm³/mol. The SMILES string of the molecule is [C-]#N.[C-]#N.[C-]#N.[C-]#N.[C-]#N.[C-]#N.[Ca].[Co]. The standard InChI is InChI=1S/6CN.Ca.Co/c6*1-2;;/q6*-1;;. The third-order valence-electron chi connectivity index (χ3n) is 0. The predicted octanol–water partition coefficient (Wildman–Crippen LogP) is 0.195. The first-order chi connectivity index (χ1) is 6.00. The quantitative estimate of drug-likeness (QED) is 0.446. The molecule has 0 unspecified atom stereocenters. The van der Waals surface area contributed by atoms with Crippen molar-refractivity contribution in [1.29, 1.82) is 31.6 Å². The summed E-state index contributed by atoms with van der Waals surface area (Å²) in [7, 11) is 0. The summed E-state index contributed by atoms with van der Waals surface area (Å²) >= 11 is 0. The molecule has 0 N–H and O–H groups in total. The second-order valence-electron chi connectivity index (χ2n) is 0. The summed E-state index contributed by atoms with van der Waals surface area (Å²) in [6, 6.07) is 0. The molecular weight excluding hydrogens is 255 g/mol. The van der Waals surface area contributed by atoms with E-state index in [1.54, 1.807) is 0 Å². The van der Waals surface area contributed by atoms with E-state index in [1.807, 2.05) is 0 Å². The maximum atomic E-state index is 6.25. The van der Waals surface area contributed by atoms with E-state index < -0.39 is 0 Å². The van der Waals surface area contributed by atoms with Crippen molar-refractivity contribution in [2.45, 2.75) is 0 Å². The molecule has 71 valence electrons. The van der Waals surface area contributed by atoms with Crippen molar-refractivity contribution in [1.82, 2.24) is 0 Å². The van der Waals surface area contributed by atoms with E-state index in [0.717, 1.165) is 0 Å². The van der Waals surface area contributed by atoms with Crippen LogP contribution in [0.15, 0.2) is 0 Å². The Balaban J connectivity index is -0.00000000500. The molecule has 0 aromatic carbocycles. The molecule has 0 aliphatic heterocycles. The Labute approximate surface area is 124 Å². The molecule has 0 fully saturated rings. The van der Waals surface area contributed by atoms with Gasteiger partial charge in [0.05, 0.1) is 0 Å². The number of nitrogens with zero attached hydrogens (tertiary/aromatic N) is 6. The van der Waals surface area contributed by atoms with Gasteiger partial charge < -0.3 is 71.0 Å². The van der Waals surface area contributed by atoms with E-state index in [2.05, 4.69) is 0 Å². The molecule has 0 aliphatic carbocycles. The van der Waals surface area contributed by atoms with Gasteiger partial charge in [0, 0.05) is 54.5 Å². The van der Waals surface area contributed by atoms with Gasteiger partial charge in [-0.3, -0.25) is 0 Å². The molecule has 0 aromatic rings. The number of hydrogen-bond acceptors (Lipinski definition) is 6. The van der Waals surface area contributed by atoms with Gasteiger partial charge in [-0.1, -0.05) is 0 Å². The van der Waals surface area contributed by atoms with Gasteiger partial charge in [0.1, 0.15) is 0 Å². The van der Waals surface area contributed by atoms with Gasteiger partial charge in [0.25, 0.3) is 0 Å². The molecule has 0 bridgehead atoms. The first-order valence-corrected chi connectivity index (χ1v) is 1.34. The zero-order chi connectivity index (χ0) is 12.0. The monoisotopic (exact) mass is 255 g/mol. The minimum absolute atomic E-state index is 0. The van der Waals surface area contributed by atoms with Gasteiger partial charge >= 0.3 is 0 Å². The number of hydrogen-bond donors (Lipinski definition) is 0. The van der Waals surface area contributed by atoms with E-state index in [1.165, 1.54) is 0 Å². The van der Waals surface area contributed by atoms with Gasteiger partial charge in [-0.25, -0.2) is 0 Å². The first-order valence-electron chi connectivity index (χ1n) is 1.34. The van der Waals surface area contributed by atoms with Crippen LogP contribution in [0.25, 0.3) is 0 Å². The Morgan fingerprint density at radius 2 is 0.357 bits per heavy atom. The molecule has 0 aliphatic rings. The minimum Gasteiger partial charge on any atom is -0.512 e. The van der Waals surface area contributed by atoms with Gasteiger partial charge in [-0.2, -0.15) is 0 Å². The summed E-state index contributed by atoms with van der Waals surface area (Å²) < 4.78 is 0. The molecular formula is C6CaCoN6-6. The van der Waals surface area contributed by atoms with Crippen LogP contribution in [0.4, 0.5) is 0 Å². The zero-order valence-corrected chi connectivity index (χ0v) is 9.97. The summed E-state index contributed by atoms with van der Waals surface area (Å²) in [4.78, 5) is 0. The Morgan fingerprint density at radius 1 is 0.357 bits per heavy atom. The third-order valence-corrected chi connectivity index (χ3v) is 0. The maximum Gasteiger partial charge on any atom is 0 e. The fourth-order valence-corrected chi connectivity index (χ4v) is 0. The Bertz CT molecular complexity index is 97.3.